The van der Waals surface area contributed by atoms with Crippen LogP contribution in [0.4, 0.5) is 0 Å². The summed E-state index contributed by atoms with van der Waals surface area (Å²) >= 11 is 0. The summed E-state index contributed by atoms with van der Waals surface area (Å²) < 4.78 is 1.61. The Labute approximate surface area is 162 Å². The Morgan fingerprint density at radius 1 is 1.18 bits per heavy atom. The van der Waals surface area contributed by atoms with Crippen LogP contribution < -0.4 is 5.32 Å². The van der Waals surface area contributed by atoms with Crippen molar-refractivity contribution in [2.45, 2.75) is 45.6 Å². The molecule has 0 aliphatic heterocycles. The maximum atomic E-state index is 12.9. The molecule has 146 valence electrons. The number of aromatic nitrogens is 4. The SMILES string of the molecule is CCC(CC)(CC(=O)O)NC(=O)c1nnn(-c2cccc3ncccc23)c1C. The van der Waals surface area contributed by atoms with Crippen LogP contribution in [0.5, 0.6) is 0 Å². The normalized spacial score (nSPS) is 11.5. The maximum Gasteiger partial charge on any atom is 0.305 e. The van der Waals surface area contributed by atoms with Gasteiger partial charge in [0.25, 0.3) is 5.91 Å². The monoisotopic (exact) mass is 381 g/mol. The van der Waals surface area contributed by atoms with Gasteiger partial charge < -0.3 is 10.4 Å². The van der Waals surface area contributed by atoms with Crippen LogP contribution in [-0.2, 0) is 4.79 Å². The summed E-state index contributed by atoms with van der Waals surface area (Å²) in [5, 5.41) is 21.2. The van der Waals surface area contributed by atoms with E-state index < -0.39 is 17.4 Å². The van der Waals surface area contributed by atoms with Crippen LogP contribution in [0.1, 0.15) is 49.3 Å². The van der Waals surface area contributed by atoms with E-state index in [1.807, 2.05) is 44.2 Å². The number of nitrogens with zero attached hydrogens (tertiary/aromatic N) is 4. The van der Waals surface area contributed by atoms with Gasteiger partial charge in [0.1, 0.15) is 0 Å². The topological polar surface area (TPSA) is 110 Å². The molecule has 0 bridgehead atoms. The second-order valence-corrected chi connectivity index (χ2v) is 6.79. The van der Waals surface area contributed by atoms with Gasteiger partial charge in [0, 0.05) is 11.6 Å². The van der Waals surface area contributed by atoms with E-state index in [-0.39, 0.29) is 12.1 Å². The smallest absolute Gasteiger partial charge is 0.305 e. The lowest BCUT2D eigenvalue weighted by molar-refractivity contribution is -0.138. The standard InChI is InChI=1S/C20H23N5O3/c1-4-20(5-2,12-17(26)27)22-19(28)18-13(3)25(24-23-18)16-10-6-9-15-14(16)8-7-11-21-15/h6-11H,4-5,12H2,1-3H3,(H,22,28)(H,26,27). The molecule has 0 radical (unpaired) electrons. The average Bonchev–Trinajstić information content (AvgIpc) is 3.07. The van der Waals surface area contributed by atoms with Crippen molar-refractivity contribution in [1.29, 1.82) is 0 Å². The Hall–Kier alpha value is -3.29. The Morgan fingerprint density at radius 3 is 2.61 bits per heavy atom. The highest BCUT2D eigenvalue weighted by Gasteiger charge is 2.33. The maximum absolute atomic E-state index is 12.9. The highest BCUT2D eigenvalue weighted by atomic mass is 16.4. The minimum Gasteiger partial charge on any atom is -0.481 e. The Balaban J connectivity index is 1.96. The van der Waals surface area contributed by atoms with E-state index >= 15 is 0 Å². The van der Waals surface area contributed by atoms with Gasteiger partial charge >= 0.3 is 5.97 Å². The first-order chi connectivity index (χ1) is 13.4. The number of carboxylic acid groups (broad SMARTS) is 1. The third kappa shape index (κ3) is 3.58. The molecule has 0 atom stereocenters. The molecule has 3 rings (SSSR count). The van der Waals surface area contributed by atoms with Crippen molar-refractivity contribution in [1.82, 2.24) is 25.3 Å². The van der Waals surface area contributed by atoms with E-state index in [0.29, 0.717) is 18.5 Å². The minimum atomic E-state index is -0.951. The number of fused-ring (bicyclic) bond motifs is 1. The molecule has 8 nitrogen and oxygen atoms in total. The fourth-order valence-corrected chi connectivity index (χ4v) is 3.35. The van der Waals surface area contributed by atoms with Crippen LogP contribution in [0.3, 0.4) is 0 Å². The Morgan fingerprint density at radius 2 is 1.93 bits per heavy atom. The number of carboxylic acids is 1. The van der Waals surface area contributed by atoms with Crippen molar-refractivity contribution in [3.8, 4) is 5.69 Å². The van der Waals surface area contributed by atoms with Crippen LogP contribution in [0.25, 0.3) is 16.6 Å². The summed E-state index contributed by atoms with van der Waals surface area (Å²) in [7, 11) is 0. The summed E-state index contributed by atoms with van der Waals surface area (Å²) in [6.07, 6.45) is 2.58. The van der Waals surface area contributed by atoms with Crippen LogP contribution in [0, 0.1) is 6.92 Å². The van der Waals surface area contributed by atoms with E-state index in [1.54, 1.807) is 17.8 Å². The van der Waals surface area contributed by atoms with Crippen LogP contribution >= 0.6 is 0 Å². The lowest BCUT2D eigenvalue weighted by atomic mass is 9.88. The largest absolute Gasteiger partial charge is 0.481 e. The van der Waals surface area contributed by atoms with E-state index in [4.69, 9.17) is 0 Å². The predicted molar refractivity (Wildman–Crippen MR) is 104 cm³/mol. The van der Waals surface area contributed by atoms with Crippen LogP contribution in [-0.4, -0.2) is 42.5 Å². The molecule has 2 aromatic heterocycles. The number of amides is 1. The Kier molecular flexibility index (Phi) is 5.39. The number of hydrogen-bond acceptors (Lipinski definition) is 5. The van der Waals surface area contributed by atoms with Gasteiger partial charge in [0.2, 0.25) is 0 Å². The molecule has 2 heterocycles. The molecule has 0 saturated heterocycles. The van der Waals surface area contributed by atoms with E-state index in [1.165, 1.54) is 0 Å². The second kappa shape index (κ2) is 7.75. The number of carbonyl (C=O) groups excluding carboxylic acids is 1. The first-order valence-electron chi connectivity index (χ1n) is 9.21. The van der Waals surface area contributed by atoms with E-state index in [9.17, 15) is 14.7 Å². The van der Waals surface area contributed by atoms with E-state index in [0.717, 1.165) is 16.6 Å². The summed E-state index contributed by atoms with van der Waals surface area (Å²) in [6.45, 7) is 5.49. The van der Waals surface area contributed by atoms with E-state index in [2.05, 4.69) is 20.6 Å². The van der Waals surface area contributed by atoms with Gasteiger partial charge in [-0.1, -0.05) is 25.1 Å². The van der Waals surface area contributed by atoms with Gasteiger partial charge in [-0.05, 0) is 44.0 Å². The molecule has 0 saturated carbocycles. The zero-order chi connectivity index (χ0) is 20.3. The summed E-state index contributed by atoms with van der Waals surface area (Å²) in [4.78, 5) is 28.4. The van der Waals surface area contributed by atoms with Crippen LogP contribution in [0.15, 0.2) is 36.5 Å². The highest BCUT2D eigenvalue weighted by Crippen LogP contribution is 2.23. The Bertz CT molecular complexity index is 1020. The van der Waals surface area contributed by atoms with Crippen LogP contribution in [0.2, 0.25) is 0 Å². The minimum absolute atomic E-state index is 0.145. The predicted octanol–water partition coefficient (Wildman–Crippen LogP) is 2.89. The molecule has 0 fully saturated rings. The van der Waals surface area contributed by atoms with Gasteiger partial charge in [-0.2, -0.15) is 0 Å². The van der Waals surface area contributed by atoms with Crippen molar-refractivity contribution in [2.75, 3.05) is 0 Å². The van der Waals surface area contributed by atoms with Crippen molar-refractivity contribution in [3.05, 3.63) is 47.9 Å². The number of hydrogen-bond donors (Lipinski definition) is 2. The molecular weight excluding hydrogens is 358 g/mol. The number of carbonyl (C=O) groups is 2. The lowest BCUT2D eigenvalue weighted by Gasteiger charge is -2.31. The number of benzene rings is 1. The molecule has 0 aliphatic rings. The number of rotatable bonds is 7. The second-order valence-electron chi connectivity index (χ2n) is 6.79. The molecule has 8 heteroatoms. The average molecular weight is 381 g/mol. The summed E-state index contributed by atoms with van der Waals surface area (Å²) in [6, 6.07) is 9.44. The van der Waals surface area contributed by atoms with Crippen molar-refractivity contribution >= 4 is 22.8 Å². The quantitative estimate of drug-likeness (QED) is 0.651. The van der Waals surface area contributed by atoms with Gasteiger partial charge in [0.15, 0.2) is 5.69 Å². The van der Waals surface area contributed by atoms with Crippen molar-refractivity contribution < 1.29 is 14.7 Å². The van der Waals surface area contributed by atoms with Gasteiger partial charge in [-0.15, -0.1) is 5.10 Å². The molecule has 3 aromatic rings. The fourth-order valence-electron chi connectivity index (χ4n) is 3.35. The third-order valence-electron chi connectivity index (χ3n) is 5.18. The van der Waals surface area contributed by atoms with Crippen molar-refractivity contribution in [3.63, 3.8) is 0 Å². The zero-order valence-electron chi connectivity index (χ0n) is 16.1. The molecule has 0 aliphatic carbocycles. The van der Waals surface area contributed by atoms with Crippen molar-refractivity contribution in [2.24, 2.45) is 0 Å². The number of pyridine rings is 1. The molecular formula is C20H23N5O3. The summed E-state index contributed by atoms with van der Waals surface area (Å²) in [5.41, 5.74) is 1.53. The first kappa shape index (κ1) is 19.5. The molecule has 0 unspecified atom stereocenters. The van der Waals surface area contributed by atoms with Gasteiger partial charge in [-0.3, -0.25) is 14.6 Å². The molecule has 28 heavy (non-hydrogen) atoms. The zero-order valence-corrected chi connectivity index (χ0v) is 16.1. The summed E-state index contributed by atoms with van der Waals surface area (Å²) in [5.74, 6) is -1.38. The molecule has 1 amide bonds. The molecule has 1 aromatic carbocycles. The number of nitrogens with one attached hydrogen (secondary N) is 1. The fraction of sp³-hybridized carbons (Fsp3) is 0.350. The number of aliphatic carboxylic acids is 1. The van der Waals surface area contributed by atoms with Gasteiger partial charge in [0.05, 0.1) is 28.9 Å². The molecule has 0 spiro atoms. The first-order valence-corrected chi connectivity index (χ1v) is 9.21. The molecule has 2 N–H and O–H groups in total. The van der Waals surface area contributed by atoms with Gasteiger partial charge in [-0.25, -0.2) is 4.68 Å². The third-order valence-corrected chi connectivity index (χ3v) is 5.18. The highest BCUT2D eigenvalue weighted by molar-refractivity contribution is 5.94. The lowest BCUT2D eigenvalue weighted by Crippen LogP contribution is -2.49.